The standard InChI is InChI=1S/C13H23NO/c1-11-7-8-13(15)14(11)10-9-12-5-3-2-4-6-12/h11-12H,2-10H2,1H3. The van der Waals surface area contributed by atoms with Crippen LogP contribution in [0.1, 0.15) is 58.3 Å². The highest BCUT2D eigenvalue weighted by atomic mass is 16.2. The van der Waals surface area contributed by atoms with Gasteiger partial charge in [0.1, 0.15) is 0 Å². The maximum atomic E-state index is 11.6. The molecule has 2 fully saturated rings. The van der Waals surface area contributed by atoms with E-state index in [-0.39, 0.29) is 0 Å². The average Bonchev–Trinajstić information content (AvgIpc) is 2.58. The summed E-state index contributed by atoms with van der Waals surface area (Å²) in [5, 5.41) is 0. The minimum Gasteiger partial charge on any atom is -0.340 e. The fourth-order valence-corrected chi connectivity index (χ4v) is 3.02. The summed E-state index contributed by atoms with van der Waals surface area (Å²) in [5.74, 6) is 1.29. The van der Waals surface area contributed by atoms with E-state index in [0.29, 0.717) is 11.9 Å². The van der Waals surface area contributed by atoms with Crippen LogP contribution >= 0.6 is 0 Å². The van der Waals surface area contributed by atoms with Gasteiger partial charge < -0.3 is 4.90 Å². The van der Waals surface area contributed by atoms with Crippen LogP contribution in [0.15, 0.2) is 0 Å². The van der Waals surface area contributed by atoms with Crippen molar-refractivity contribution < 1.29 is 4.79 Å². The van der Waals surface area contributed by atoms with E-state index in [9.17, 15) is 4.79 Å². The summed E-state index contributed by atoms with van der Waals surface area (Å²) in [6, 6.07) is 0.501. The van der Waals surface area contributed by atoms with Crippen LogP contribution in [0.25, 0.3) is 0 Å². The Morgan fingerprint density at radius 2 is 1.93 bits per heavy atom. The Bertz CT molecular complexity index is 221. The first kappa shape index (κ1) is 11.0. The smallest absolute Gasteiger partial charge is 0.222 e. The summed E-state index contributed by atoms with van der Waals surface area (Å²) < 4.78 is 0. The Morgan fingerprint density at radius 3 is 2.53 bits per heavy atom. The molecule has 1 aliphatic carbocycles. The van der Waals surface area contributed by atoms with Crippen molar-refractivity contribution in [3.05, 3.63) is 0 Å². The van der Waals surface area contributed by atoms with Crippen LogP contribution in [0, 0.1) is 5.92 Å². The molecule has 0 radical (unpaired) electrons. The van der Waals surface area contributed by atoms with E-state index >= 15 is 0 Å². The second-order valence-electron chi connectivity index (χ2n) is 5.27. The SMILES string of the molecule is CC1CCC(=O)N1CCC1CCCCC1. The van der Waals surface area contributed by atoms with Gasteiger partial charge in [-0.2, -0.15) is 0 Å². The lowest BCUT2D eigenvalue weighted by molar-refractivity contribution is -0.128. The van der Waals surface area contributed by atoms with Crippen LogP contribution < -0.4 is 0 Å². The molecule has 2 aliphatic rings. The van der Waals surface area contributed by atoms with E-state index in [1.54, 1.807) is 0 Å². The first-order valence-corrected chi connectivity index (χ1v) is 6.57. The molecule has 0 aromatic rings. The van der Waals surface area contributed by atoms with Gasteiger partial charge in [-0.25, -0.2) is 0 Å². The number of likely N-dealkylation sites (tertiary alicyclic amines) is 1. The molecule has 15 heavy (non-hydrogen) atoms. The van der Waals surface area contributed by atoms with E-state index in [1.807, 2.05) is 0 Å². The van der Waals surface area contributed by atoms with Gasteiger partial charge in [0.05, 0.1) is 0 Å². The first-order valence-electron chi connectivity index (χ1n) is 6.57. The van der Waals surface area contributed by atoms with Crippen molar-refractivity contribution in [3.8, 4) is 0 Å². The quantitative estimate of drug-likeness (QED) is 0.699. The molecule has 1 amide bonds. The third kappa shape index (κ3) is 2.73. The van der Waals surface area contributed by atoms with Gasteiger partial charge in [-0.05, 0) is 25.7 Å². The molecule has 2 heteroatoms. The molecule has 0 N–H and O–H groups in total. The number of carbonyl (C=O) groups is 1. The van der Waals surface area contributed by atoms with Gasteiger partial charge in [0.15, 0.2) is 0 Å². The van der Waals surface area contributed by atoms with Crippen LogP contribution in [0.2, 0.25) is 0 Å². The molecular weight excluding hydrogens is 186 g/mol. The largest absolute Gasteiger partial charge is 0.340 e. The second-order valence-corrected chi connectivity index (χ2v) is 5.27. The molecule has 1 unspecified atom stereocenters. The van der Waals surface area contributed by atoms with Crippen LogP contribution in [-0.4, -0.2) is 23.4 Å². The van der Waals surface area contributed by atoms with E-state index < -0.39 is 0 Å². The lowest BCUT2D eigenvalue weighted by Gasteiger charge is -2.26. The molecule has 1 saturated carbocycles. The summed E-state index contributed by atoms with van der Waals surface area (Å²) >= 11 is 0. The lowest BCUT2D eigenvalue weighted by Crippen LogP contribution is -2.33. The summed E-state index contributed by atoms with van der Waals surface area (Å²) in [5.41, 5.74) is 0. The molecular formula is C13H23NO. The van der Waals surface area contributed by atoms with E-state index in [4.69, 9.17) is 0 Å². The van der Waals surface area contributed by atoms with E-state index in [2.05, 4.69) is 11.8 Å². The maximum absolute atomic E-state index is 11.6. The van der Waals surface area contributed by atoms with Crippen LogP contribution in [0.5, 0.6) is 0 Å². The predicted octanol–water partition coefficient (Wildman–Crippen LogP) is 2.97. The first-order chi connectivity index (χ1) is 7.27. The molecule has 0 bridgehead atoms. The molecule has 86 valence electrons. The third-order valence-corrected chi connectivity index (χ3v) is 4.13. The highest BCUT2D eigenvalue weighted by Gasteiger charge is 2.27. The highest BCUT2D eigenvalue weighted by Crippen LogP contribution is 2.27. The van der Waals surface area contributed by atoms with E-state index in [1.165, 1.54) is 38.5 Å². The number of amides is 1. The van der Waals surface area contributed by atoms with Gasteiger partial charge in [0.25, 0.3) is 0 Å². The zero-order valence-corrected chi connectivity index (χ0v) is 9.87. The number of hydrogen-bond donors (Lipinski definition) is 0. The summed E-state index contributed by atoms with van der Waals surface area (Å²) in [6.45, 7) is 3.20. The van der Waals surface area contributed by atoms with Gasteiger partial charge in [-0.3, -0.25) is 4.79 Å². The molecule has 1 saturated heterocycles. The van der Waals surface area contributed by atoms with Crippen LogP contribution in [0.4, 0.5) is 0 Å². The molecule has 1 aliphatic heterocycles. The van der Waals surface area contributed by atoms with E-state index in [0.717, 1.165) is 25.3 Å². The number of nitrogens with zero attached hydrogens (tertiary/aromatic N) is 1. The maximum Gasteiger partial charge on any atom is 0.222 e. The average molecular weight is 209 g/mol. The Hall–Kier alpha value is -0.530. The van der Waals surface area contributed by atoms with Crippen LogP contribution in [-0.2, 0) is 4.79 Å². The number of hydrogen-bond acceptors (Lipinski definition) is 1. The molecule has 0 aromatic carbocycles. The molecule has 2 rings (SSSR count). The Balaban J connectivity index is 1.74. The Morgan fingerprint density at radius 1 is 1.20 bits per heavy atom. The summed E-state index contributed by atoms with van der Waals surface area (Å²) in [6.07, 6.45) is 10.1. The van der Waals surface area contributed by atoms with Crippen molar-refractivity contribution in [2.75, 3.05) is 6.54 Å². The van der Waals surface area contributed by atoms with Crippen molar-refractivity contribution in [1.29, 1.82) is 0 Å². The highest BCUT2D eigenvalue weighted by molar-refractivity contribution is 5.78. The second kappa shape index (κ2) is 5.00. The Labute approximate surface area is 93.0 Å². The third-order valence-electron chi connectivity index (χ3n) is 4.13. The number of carbonyl (C=O) groups excluding carboxylic acids is 1. The van der Waals surface area contributed by atoms with Crippen molar-refractivity contribution >= 4 is 5.91 Å². The molecule has 2 nitrogen and oxygen atoms in total. The van der Waals surface area contributed by atoms with Crippen molar-refractivity contribution in [3.63, 3.8) is 0 Å². The minimum absolute atomic E-state index is 0.387. The van der Waals surface area contributed by atoms with Gasteiger partial charge in [0.2, 0.25) is 5.91 Å². The fraction of sp³-hybridized carbons (Fsp3) is 0.923. The van der Waals surface area contributed by atoms with Crippen molar-refractivity contribution in [2.45, 2.75) is 64.3 Å². The van der Waals surface area contributed by atoms with Gasteiger partial charge in [0, 0.05) is 19.0 Å². The molecule has 1 atom stereocenters. The molecule has 0 aromatic heterocycles. The minimum atomic E-state index is 0.387. The van der Waals surface area contributed by atoms with Crippen molar-refractivity contribution in [2.24, 2.45) is 5.92 Å². The molecule has 1 heterocycles. The van der Waals surface area contributed by atoms with Gasteiger partial charge in [-0.1, -0.05) is 32.1 Å². The zero-order valence-electron chi connectivity index (χ0n) is 9.87. The van der Waals surface area contributed by atoms with Gasteiger partial charge in [-0.15, -0.1) is 0 Å². The van der Waals surface area contributed by atoms with Gasteiger partial charge >= 0.3 is 0 Å². The van der Waals surface area contributed by atoms with Crippen LogP contribution in [0.3, 0.4) is 0 Å². The predicted molar refractivity (Wildman–Crippen MR) is 61.6 cm³/mol. The topological polar surface area (TPSA) is 20.3 Å². The monoisotopic (exact) mass is 209 g/mol. The summed E-state index contributed by atoms with van der Waals surface area (Å²) in [7, 11) is 0. The normalized spacial score (nSPS) is 28.7. The summed E-state index contributed by atoms with van der Waals surface area (Å²) in [4.78, 5) is 13.7. The fourth-order valence-electron chi connectivity index (χ4n) is 3.02. The Kier molecular flexibility index (Phi) is 3.66. The number of rotatable bonds is 3. The molecule has 0 spiro atoms. The zero-order chi connectivity index (χ0) is 10.7. The lowest BCUT2D eigenvalue weighted by atomic mass is 9.87. The van der Waals surface area contributed by atoms with Crippen molar-refractivity contribution in [1.82, 2.24) is 4.90 Å².